The Morgan fingerprint density at radius 3 is 1.65 bits per heavy atom. The normalized spacial score (nSPS) is 11.9. The Kier molecular flexibility index (Phi) is 33.3. The SMILES string of the molecule is CCCCCCCCC/C=C/C(=N/c1cc(CCCCC)cc(CCCCC)c1)C(/CCCCC)=N/c1cccc(C#CCCCCCCCCCC)c1.[Pd]. The first-order valence-corrected chi connectivity index (χ1v) is 23.2. The fraction of sp³-hybridized carbons (Fsp3) is 0.654. The minimum atomic E-state index is 0. The summed E-state index contributed by atoms with van der Waals surface area (Å²) in [5.74, 6) is 6.92. The number of aryl methyl sites for hydroxylation is 2. The van der Waals surface area contributed by atoms with Crippen LogP contribution in [0.4, 0.5) is 11.4 Å². The van der Waals surface area contributed by atoms with E-state index in [1.807, 2.05) is 0 Å². The van der Waals surface area contributed by atoms with E-state index in [0.717, 1.165) is 66.9 Å². The van der Waals surface area contributed by atoms with Crippen LogP contribution in [0.5, 0.6) is 0 Å². The van der Waals surface area contributed by atoms with Crippen molar-refractivity contribution >= 4 is 22.8 Å². The Bertz CT molecular complexity index is 1350. The van der Waals surface area contributed by atoms with Crippen LogP contribution < -0.4 is 0 Å². The maximum Gasteiger partial charge on any atom is 0.0848 e. The summed E-state index contributed by atoms with van der Waals surface area (Å²) in [5.41, 5.74) is 8.15. The van der Waals surface area contributed by atoms with Gasteiger partial charge in [0.15, 0.2) is 0 Å². The molecule has 0 aromatic heterocycles. The summed E-state index contributed by atoms with van der Waals surface area (Å²) in [7, 11) is 0. The Morgan fingerprint density at radius 1 is 0.527 bits per heavy atom. The van der Waals surface area contributed by atoms with Crippen LogP contribution in [0.2, 0.25) is 0 Å². The average Bonchev–Trinajstić information content (AvgIpc) is 3.17. The molecule has 310 valence electrons. The Morgan fingerprint density at radius 2 is 1.05 bits per heavy atom. The van der Waals surface area contributed by atoms with Gasteiger partial charge in [-0.2, -0.15) is 0 Å². The molecule has 0 aliphatic heterocycles. The molecule has 0 amide bonds. The molecule has 0 bridgehead atoms. The van der Waals surface area contributed by atoms with E-state index >= 15 is 0 Å². The fourth-order valence-electron chi connectivity index (χ4n) is 7.11. The van der Waals surface area contributed by atoms with Crippen LogP contribution >= 0.6 is 0 Å². The average molecular weight is 842 g/mol. The van der Waals surface area contributed by atoms with E-state index < -0.39 is 0 Å². The van der Waals surface area contributed by atoms with Gasteiger partial charge in [-0.1, -0.05) is 187 Å². The minimum absolute atomic E-state index is 0. The summed E-state index contributed by atoms with van der Waals surface area (Å²) >= 11 is 0. The van der Waals surface area contributed by atoms with E-state index in [1.54, 1.807) is 0 Å². The molecule has 0 radical (unpaired) electrons. The van der Waals surface area contributed by atoms with E-state index in [2.05, 4.69) is 101 Å². The van der Waals surface area contributed by atoms with Crippen molar-refractivity contribution in [1.29, 1.82) is 0 Å². The van der Waals surface area contributed by atoms with Crippen molar-refractivity contribution in [2.45, 2.75) is 221 Å². The first-order chi connectivity index (χ1) is 26.6. The summed E-state index contributed by atoms with van der Waals surface area (Å²) in [6, 6.07) is 15.8. The third-order valence-corrected chi connectivity index (χ3v) is 10.5. The van der Waals surface area contributed by atoms with Gasteiger partial charge in [0.05, 0.1) is 22.8 Å². The van der Waals surface area contributed by atoms with Crippen LogP contribution in [-0.2, 0) is 33.3 Å². The van der Waals surface area contributed by atoms with Crippen molar-refractivity contribution in [2.24, 2.45) is 9.98 Å². The standard InChI is InChI=1S/C52H82N2.Pd/c1-6-11-16-18-20-22-24-25-27-32-35-46-38-34-39-49(43-46)53-51(40-31-15-10-5)52(41-33-28-26-23-21-19-17-12-7-2)54-50-44-47(36-29-13-8-3)42-48(45-50)37-30-14-9-4;/h33-34,38-39,41-45H,6-31,36-37,40H2,1-5H3;/b41-33+,53-51+,54-52-;. The predicted octanol–water partition coefficient (Wildman–Crippen LogP) is 17.2. The number of hydrogen-bond acceptors (Lipinski definition) is 2. The monoisotopic (exact) mass is 841 g/mol. The summed E-state index contributed by atoms with van der Waals surface area (Å²) < 4.78 is 0. The second-order valence-corrected chi connectivity index (χ2v) is 15.8. The number of aliphatic imine (C=N–C) groups is 2. The van der Waals surface area contributed by atoms with Crippen LogP contribution in [-0.4, -0.2) is 11.4 Å². The summed E-state index contributed by atoms with van der Waals surface area (Å²) in [4.78, 5) is 10.9. The molecule has 2 rings (SSSR count). The molecule has 0 saturated heterocycles. The zero-order valence-electron chi connectivity index (χ0n) is 36.4. The van der Waals surface area contributed by atoms with Crippen molar-refractivity contribution in [3.63, 3.8) is 0 Å². The fourth-order valence-corrected chi connectivity index (χ4v) is 7.11. The molecule has 2 aromatic rings. The van der Waals surface area contributed by atoms with Crippen molar-refractivity contribution in [1.82, 2.24) is 0 Å². The van der Waals surface area contributed by atoms with E-state index in [-0.39, 0.29) is 20.4 Å². The second kappa shape index (κ2) is 36.1. The van der Waals surface area contributed by atoms with Gasteiger partial charge in [0.2, 0.25) is 0 Å². The van der Waals surface area contributed by atoms with Crippen molar-refractivity contribution in [3.05, 3.63) is 71.3 Å². The third-order valence-electron chi connectivity index (χ3n) is 10.5. The molecule has 0 spiro atoms. The van der Waals surface area contributed by atoms with Gasteiger partial charge in [0, 0.05) is 32.4 Å². The molecule has 0 N–H and O–H groups in total. The number of rotatable bonds is 32. The summed E-state index contributed by atoms with van der Waals surface area (Å²) in [6.45, 7) is 11.5. The molecule has 0 heterocycles. The van der Waals surface area contributed by atoms with Crippen LogP contribution in [0.15, 0.2) is 64.6 Å². The number of benzene rings is 2. The van der Waals surface area contributed by atoms with Crippen molar-refractivity contribution in [3.8, 4) is 11.8 Å². The molecule has 0 aliphatic carbocycles. The van der Waals surface area contributed by atoms with E-state index in [0.29, 0.717) is 0 Å². The predicted molar refractivity (Wildman–Crippen MR) is 244 cm³/mol. The number of hydrogen-bond donors (Lipinski definition) is 0. The van der Waals surface area contributed by atoms with Crippen LogP contribution in [0.1, 0.15) is 225 Å². The molecular weight excluding hydrogens is 759 g/mol. The molecule has 0 unspecified atom stereocenters. The number of nitrogens with zero attached hydrogens (tertiary/aromatic N) is 2. The molecule has 2 nitrogen and oxygen atoms in total. The van der Waals surface area contributed by atoms with Gasteiger partial charge in [-0.15, -0.1) is 0 Å². The van der Waals surface area contributed by atoms with Gasteiger partial charge >= 0.3 is 0 Å². The van der Waals surface area contributed by atoms with Crippen LogP contribution in [0.25, 0.3) is 0 Å². The largest absolute Gasteiger partial charge is 0.251 e. The Labute approximate surface area is 355 Å². The molecule has 2 aromatic carbocycles. The molecule has 0 atom stereocenters. The minimum Gasteiger partial charge on any atom is -0.251 e. The van der Waals surface area contributed by atoms with E-state index in [1.165, 1.54) is 159 Å². The van der Waals surface area contributed by atoms with Crippen molar-refractivity contribution < 1.29 is 20.4 Å². The molecular formula is C52H82N2Pd. The van der Waals surface area contributed by atoms with Crippen LogP contribution in [0.3, 0.4) is 0 Å². The van der Waals surface area contributed by atoms with Crippen molar-refractivity contribution in [2.75, 3.05) is 0 Å². The molecule has 55 heavy (non-hydrogen) atoms. The van der Waals surface area contributed by atoms with Gasteiger partial charge in [-0.25, -0.2) is 4.99 Å². The quantitative estimate of drug-likeness (QED) is 0.0303. The van der Waals surface area contributed by atoms with E-state index in [9.17, 15) is 0 Å². The smallest absolute Gasteiger partial charge is 0.0848 e. The molecule has 3 heteroatoms. The molecule has 0 fully saturated rings. The Hall–Kier alpha value is -2.26. The second-order valence-electron chi connectivity index (χ2n) is 15.8. The third kappa shape index (κ3) is 26.3. The first kappa shape index (κ1) is 50.8. The summed E-state index contributed by atoms with van der Waals surface area (Å²) in [6.07, 6.45) is 41.0. The maximum absolute atomic E-state index is 5.48. The van der Waals surface area contributed by atoms with Gasteiger partial charge < -0.3 is 0 Å². The topological polar surface area (TPSA) is 24.7 Å². The Balaban J connectivity index is 0.0000151. The zero-order valence-corrected chi connectivity index (χ0v) is 38.0. The summed E-state index contributed by atoms with van der Waals surface area (Å²) in [5, 5.41) is 0. The molecule has 0 aliphatic rings. The van der Waals surface area contributed by atoms with E-state index in [4.69, 9.17) is 9.98 Å². The maximum atomic E-state index is 5.48. The zero-order chi connectivity index (χ0) is 38.7. The van der Waals surface area contributed by atoms with Gasteiger partial charge in [-0.3, -0.25) is 4.99 Å². The first-order valence-electron chi connectivity index (χ1n) is 23.2. The van der Waals surface area contributed by atoms with Gasteiger partial charge in [0.25, 0.3) is 0 Å². The van der Waals surface area contributed by atoms with Gasteiger partial charge in [-0.05, 0) is 105 Å². The molecule has 0 saturated carbocycles. The number of unbranched alkanes of at least 4 members (excludes halogenated alkanes) is 21. The van der Waals surface area contributed by atoms with Gasteiger partial charge in [0.1, 0.15) is 0 Å². The van der Waals surface area contributed by atoms with Crippen LogP contribution in [0, 0.1) is 11.8 Å². The number of allylic oxidation sites excluding steroid dienone is 2.